The molecule has 0 saturated carbocycles. The maximum atomic E-state index is 10.7. The molecule has 2 fully saturated rings. The van der Waals surface area contributed by atoms with Crippen LogP contribution in [0.3, 0.4) is 0 Å². The van der Waals surface area contributed by atoms with Gasteiger partial charge in [0.1, 0.15) is 5.75 Å². The van der Waals surface area contributed by atoms with Crippen LogP contribution in [-0.4, -0.2) is 79.2 Å². The number of likely N-dealkylation sites (N-methyl/N-ethyl adjacent to an activating group) is 1. The Bertz CT molecular complexity index is 569. The average Bonchev–Trinajstić information content (AvgIpc) is 2.65. The number of halogens is 1. The van der Waals surface area contributed by atoms with Crippen molar-refractivity contribution in [2.75, 3.05) is 59.4 Å². The van der Waals surface area contributed by atoms with Gasteiger partial charge in [0.05, 0.1) is 0 Å². The highest BCUT2D eigenvalue weighted by molar-refractivity contribution is 9.10. The lowest BCUT2D eigenvalue weighted by molar-refractivity contribution is 0.147. The summed E-state index contributed by atoms with van der Waals surface area (Å²) in [7, 11) is 2.17. The molecular formula is C20H33BrN4O. The van der Waals surface area contributed by atoms with Crippen molar-refractivity contribution >= 4 is 15.9 Å². The van der Waals surface area contributed by atoms with Gasteiger partial charge < -0.3 is 20.2 Å². The molecule has 146 valence electrons. The zero-order valence-corrected chi connectivity index (χ0v) is 17.6. The van der Waals surface area contributed by atoms with Crippen LogP contribution in [0.5, 0.6) is 5.75 Å². The second-order valence-corrected chi connectivity index (χ2v) is 8.65. The van der Waals surface area contributed by atoms with Crippen LogP contribution in [0.4, 0.5) is 0 Å². The van der Waals surface area contributed by atoms with Gasteiger partial charge in [-0.3, -0.25) is 4.90 Å². The molecular weight excluding hydrogens is 392 g/mol. The third-order valence-corrected chi connectivity index (χ3v) is 6.05. The number of aromatic hydroxyl groups is 1. The van der Waals surface area contributed by atoms with E-state index in [0.717, 1.165) is 68.0 Å². The summed E-state index contributed by atoms with van der Waals surface area (Å²) in [4.78, 5) is 7.32. The monoisotopic (exact) mass is 424 g/mol. The molecule has 2 saturated heterocycles. The third kappa shape index (κ3) is 5.92. The van der Waals surface area contributed by atoms with Crippen molar-refractivity contribution in [3.8, 4) is 5.75 Å². The Balaban J connectivity index is 1.51. The summed E-state index contributed by atoms with van der Waals surface area (Å²) in [5.74, 6) is 0.456. The number of nitrogens with zero attached hydrogens (tertiary/aromatic N) is 3. The Hall–Kier alpha value is -0.660. The lowest BCUT2D eigenvalue weighted by atomic mass is 10.1. The first kappa shape index (κ1) is 20.1. The van der Waals surface area contributed by atoms with Gasteiger partial charge in [0.15, 0.2) is 0 Å². The molecule has 1 aromatic carbocycles. The summed E-state index contributed by atoms with van der Waals surface area (Å²) >= 11 is 3.62. The van der Waals surface area contributed by atoms with Gasteiger partial charge in [-0.2, -0.15) is 0 Å². The first-order chi connectivity index (χ1) is 12.6. The predicted molar refractivity (Wildman–Crippen MR) is 111 cm³/mol. The van der Waals surface area contributed by atoms with Gasteiger partial charge in [0.25, 0.3) is 0 Å². The van der Waals surface area contributed by atoms with Gasteiger partial charge in [-0.15, -0.1) is 0 Å². The minimum Gasteiger partial charge on any atom is -0.507 e. The Morgan fingerprint density at radius 1 is 0.962 bits per heavy atom. The SMILES string of the molecule is CN1CCN(Cc2cc(Br)cc(CNCCN3CCCCC3)c2O)CC1. The van der Waals surface area contributed by atoms with Crippen LogP contribution in [-0.2, 0) is 13.1 Å². The molecule has 3 rings (SSSR count). The number of piperazine rings is 1. The molecule has 6 heteroatoms. The number of likely N-dealkylation sites (tertiary alicyclic amines) is 1. The predicted octanol–water partition coefficient (Wildman–Crippen LogP) is 2.48. The van der Waals surface area contributed by atoms with Crippen molar-refractivity contribution in [2.24, 2.45) is 0 Å². The number of hydrogen-bond donors (Lipinski definition) is 2. The number of rotatable bonds is 7. The molecule has 26 heavy (non-hydrogen) atoms. The molecule has 0 atom stereocenters. The number of piperidine rings is 1. The summed E-state index contributed by atoms with van der Waals surface area (Å²) < 4.78 is 1.05. The second kappa shape index (κ2) is 10.0. The lowest BCUT2D eigenvalue weighted by Gasteiger charge is -2.32. The first-order valence-electron chi connectivity index (χ1n) is 9.96. The van der Waals surface area contributed by atoms with Crippen molar-refractivity contribution in [3.63, 3.8) is 0 Å². The van der Waals surface area contributed by atoms with Gasteiger partial charge in [-0.1, -0.05) is 22.4 Å². The molecule has 2 N–H and O–H groups in total. The van der Waals surface area contributed by atoms with Gasteiger partial charge in [-0.05, 0) is 45.1 Å². The van der Waals surface area contributed by atoms with E-state index in [0.29, 0.717) is 5.75 Å². The molecule has 0 aromatic heterocycles. The van der Waals surface area contributed by atoms with E-state index in [-0.39, 0.29) is 0 Å². The molecule has 0 unspecified atom stereocenters. The first-order valence-corrected chi connectivity index (χ1v) is 10.8. The van der Waals surface area contributed by atoms with Crippen molar-refractivity contribution < 1.29 is 5.11 Å². The largest absolute Gasteiger partial charge is 0.507 e. The molecule has 2 aliphatic heterocycles. The smallest absolute Gasteiger partial charge is 0.124 e. The zero-order valence-electron chi connectivity index (χ0n) is 16.0. The van der Waals surface area contributed by atoms with Crippen LogP contribution < -0.4 is 5.32 Å². The Morgan fingerprint density at radius 3 is 2.38 bits per heavy atom. The molecule has 2 aliphatic rings. The zero-order chi connectivity index (χ0) is 18.4. The average molecular weight is 425 g/mol. The summed E-state index contributed by atoms with van der Waals surface area (Å²) in [5, 5.41) is 14.2. The van der Waals surface area contributed by atoms with E-state index in [2.05, 4.69) is 49.1 Å². The van der Waals surface area contributed by atoms with Crippen LogP contribution in [0, 0.1) is 0 Å². The maximum Gasteiger partial charge on any atom is 0.124 e. The van der Waals surface area contributed by atoms with Crippen molar-refractivity contribution in [2.45, 2.75) is 32.4 Å². The summed E-state index contributed by atoms with van der Waals surface area (Å²) in [6.07, 6.45) is 4.05. The van der Waals surface area contributed by atoms with E-state index in [1.54, 1.807) is 0 Å². The van der Waals surface area contributed by atoms with Crippen LogP contribution in [0.2, 0.25) is 0 Å². The Kier molecular flexibility index (Phi) is 7.76. The quantitative estimate of drug-likeness (QED) is 0.658. The highest BCUT2D eigenvalue weighted by atomic mass is 79.9. The van der Waals surface area contributed by atoms with Crippen molar-refractivity contribution in [3.05, 3.63) is 27.7 Å². The highest BCUT2D eigenvalue weighted by Crippen LogP contribution is 2.28. The van der Waals surface area contributed by atoms with Crippen LogP contribution in [0.25, 0.3) is 0 Å². The van der Waals surface area contributed by atoms with Crippen molar-refractivity contribution in [1.82, 2.24) is 20.0 Å². The summed E-state index contributed by atoms with van der Waals surface area (Å²) in [5.41, 5.74) is 2.01. The fourth-order valence-corrected chi connectivity index (χ4v) is 4.42. The second-order valence-electron chi connectivity index (χ2n) is 7.73. The molecule has 0 radical (unpaired) electrons. The number of phenols is 1. The number of phenolic OH excluding ortho intramolecular Hbond substituents is 1. The molecule has 0 aliphatic carbocycles. The van der Waals surface area contributed by atoms with E-state index in [1.807, 2.05) is 6.07 Å². The topological polar surface area (TPSA) is 42.0 Å². The molecule has 1 aromatic rings. The maximum absolute atomic E-state index is 10.7. The van der Waals surface area contributed by atoms with Crippen LogP contribution in [0.15, 0.2) is 16.6 Å². The molecule has 0 amide bonds. The van der Waals surface area contributed by atoms with Crippen molar-refractivity contribution in [1.29, 1.82) is 0 Å². The molecule has 2 heterocycles. The fourth-order valence-electron chi connectivity index (χ4n) is 3.86. The lowest BCUT2D eigenvalue weighted by Crippen LogP contribution is -2.43. The van der Waals surface area contributed by atoms with E-state index >= 15 is 0 Å². The summed E-state index contributed by atoms with van der Waals surface area (Å²) in [6.45, 7) is 10.4. The molecule has 5 nitrogen and oxygen atoms in total. The van der Waals surface area contributed by atoms with Gasteiger partial charge in [0.2, 0.25) is 0 Å². The molecule has 0 spiro atoms. The van der Waals surface area contributed by atoms with Gasteiger partial charge in [0, 0.05) is 68.0 Å². The van der Waals surface area contributed by atoms with Gasteiger partial charge in [-0.25, -0.2) is 0 Å². The van der Waals surface area contributed by atoms with Gasteiger partial charge >= 0.3 is 0 Å². The number of benzene rings is 1. The van der Waals surface area contributed by atoms with Crippen LogP contribution >= 0.6 is 15.9 Å². The normalized spacial score (nSPS) is 20.5. The Morgan fingerprint density at radius 2 is 1.65 bits per heavy atom. The Labute approximate surface area is 166 Å². The van der Waals surface area contributed by atoms with E-state index in [1.165, 1.54) is 32.4 Å². The standard InChI is InChI=1S/C20H33BrN4O/c1-23-9-11-25(12-10-23)16-18-14-19(21)13-17(20(18)26)15-22-5-8-24-6-3-2-4-7-24/h13-14,22,26H,2-12,15-16H2,1H3. The fraction of sp³-hybridized carbons (Fsp3) is 0.700. The van der Waals surface area contributed by atoms with E-state index in [9.17, 15) is 5.11 Å². The number of hydrogen-bond acceptors (Lipinski definition) is 5. The number of nitrogens with one attached hydrogen (secondary N) is 1. The van der Waals surface area contributed by atoms with E-state index in [4.69, 9.17) is 0 Å². The summed E-state index contributed by atoms with van der Waals surface area (Å²) in [6, 6.07) is 4.10. The highest BCUT2D eigenvalue weighted by Gasteiger charge is 2.17. The van der Waals surface area contributed by atoms with Crippen LogP contribution in [0.1, 0.15) is 30.4 Å². The minimum atomic E-state index is 0.456. The van der Waals surface area contributed by atoms with E-state index < -0.39 is 0 Å². The minimum absolute atomic E-state index is 0.456. The third-order valence-electron chi connectivity index (χ3n) is 5.59. The molecule has 0 bridgehead atoms.